The summed E-state index contributed by atoms with van der Waals surface area (Å²) in [6.07, 6.45) is 1.13. The van der Waals surface area contributed by atoms with E-state index >= 15 is 0 Å². The molecular weight excluding hydrogens is 276 g/mol. The molecule has 0 aliphatic carbocycles. The molecule has 1 aromatic carbocycles. The van der Waals surface area contributed by atoms with Gasteiger partial charge in [-0.15, -0.1) is 11.3 Å². The zero-order valence-corrected chi connectivity index (χ0v) is 14.6. The lowest BCUT2D eigenvalue weighted by atomic mass is 9.99. The monoisotopic (exact) mass is 302 g/mol. The Bertz CT molecular complexity index is 587. The first-order valence-electron chi connectivity index (χ1n) is 7.78. The van der Waals surface area contributed by atoms with Crippen LogP contribution in [0.1, 0.15) is 66.5 Å². The molecule has 1 heterocycles. The number of hydrogen-bond acceptors (Lipinski definition) is 3. The summed E-state index contributed by atoms with van der Waals surface area (Å²) in [7, 11) is 0. The summed E-state index contributed by atoms with van der Waals surface area (Å²) in [4.78, 5) is 4.86. The van der Waals surface area contributed by atoms with E-state index in [4.69, 9.17) is 4.98 Å². The predicted molar refractivity (Wildman–Crippen MR) is 92.3 cm³/mol. The van der Waals surface area contributed by atoms with Crippen LogP contribution in [0.25, 0.3) is 0 Å². The first-order valence-corrected chi connectivity index (χ1v) is 8.66. The molecule has 0 radical (unpaired) electrons. The molecule has 0 spiro atoms. The molecule has 1 N–H and O–H groups in total. The summed E-state index contributed by atoms with van der Waals surface area (Å²) in [6, 6.07) is 6.91. The first kappa shape index (κ1) is 16.2. The highest BCUT2D eigenvalue weighted by Gasteiger charge is 2.19. The van der Waals surface area contributed by atoms with Crippen LogP contribution in [0.4, 0.5) is 0 Å². The zero-order valence-electron chi connectivity index (χ0n) is 13.7. The summed E-state index contributed by atoms with van der Waals surface area (Å²) in [5, 5.41) is 7.04. The lowest BCUT2D eigenvalue weighted by Crippen LogP contribution is -2.24. The Morgan fingerprint density at radius 2 is 2.00 bits per heavy atom. The van der Waals surface area contributed by atoms with E-state index in [2.05, 4.69) is 63.5 Å². The van der Waals surface area contributed by atoms with Gasteiger partial charge in [-0.3, -0.25) is 0 Å². The number of hydrogen-bond donors (Lipinski definition) is 1. The second kappa shape index (κ2) is 7.19. The molecular formula is C18H26N2S. The van der Waals surface area contributed by atoms with Crippen molar-refractivity contribution in [3.8, 4) is 0 Å². The minimum absolute atomic E-state index is 0.211. The average molecular weight is 302 g/mol. The SMILES string of the molecule is CCCNC(c1nc(C(C)C)cs1)c1ccc(C)cc1C. The smallest absolute Gasteiger partial charge is 0.114 e. The van der Waals surface area contributed by atoms with Gasteiger partial charge >= 0.3 is 0 Å². The molecule has 0 aliphatic rings. The van der Waals surface area contributed by atoms with Gasteiger partial charge in [-0.1, -0.05) is 44.5 Å². The van der Waals surface area contributed by atoms with Crippen molar-refractivity contribution in [3.63, 3.8) is 0 Å². The van der Waals surface area contributed by atoms with Crippen LogP contribution in [0.3, 0.4) is 0 Å². The molecule has 1 aromatic heterocycles. The Hall–Kier alpha value is -1.19. The highest BCUT2D eigenvalue weighted by atomic mass is 32.1. The molecule has 1 atom stereocenters. The number of benzene rings is 1. The van der Waals surface area contributed by atoms with Crippen LogP contribution < -0.4 is 5.32 Å². The molecule has 0 fully saturated rings. The van der Waals surface area contributed by atoms with Gasteiger partial charge in [0.2, 0.25) is 0 Å². The molecule has 1 unspecified atom stereocenters. The summed E-state index contributed by atoms with van der Waals surface area (Å²) in [5.41, 5.74) is 5.19. The van der Waals surface area contributed by atoms with Gasteiger partial charge in [-0.2, -0.15) is 0 Å². The molecule has 0 bridgehead atoms. The van der Waals surface area contributed by atoms with Crippen molar-refractivity contribution in [1.82, 2.24) is 10.3 Å². The fraction of sp³-hybridized carbons (Fsp3) is 0.500. The minimum Gasteiger partial charge on any atom is -0.304 e. The maximum atomic E-state index is 4.86. The molecule has 2 aromatic rings. The van der Waals surface area contributed by atoms with E-state index < -0.39 is 0 Å². The van der Waals surface area contributed by atoms with Gasteiger partial charge in [-0.05, 0) is 43.9 Å². The standard InChI is InChI=1S/C18H26N2S/c1-6-9-19-17(15-8-7-13(4)10-14(15)5)18-20-16(11-21-18)12(2)3/h7-8,10-12,17,19H,6,9H2,1-5H3. The lowest BCUT2D eigenvalue weighted by Gasteiger charge is -2.19. The van der Waals surface area contributed by atoms with E-state index in [9.17, 15) is 0 Å². The van der Waals surface area contributed by atoms with Crippen molar-refractivity contribution in [1.29, 1.82) is 0 Å². The second-order valence-corrected chi connectivity index (χ2v) is 6.90. The van der Waals surface area contributed by atoms with E-state index in [1.54, 1.807) is 11.3 Å². The van der Waals surface area contributed by atoms with E-state index in [0.29, 0.717) is 5.92 Å². The fourth-order valence-electron chi connectivity index (χ4n) is 2.47. The van der Waals surface area contributed by atoms with Crippen molar-refractivity contribution in [3.05, 3.63) is 51.0 Å². The van der Waals surface area contributed by atoms with Crippen molar-refractivity contribution in [2.75, 3.05) is 6.54 Å². The van der Waals surface area contributed by atoms with Crippen molar-refractivity contribution in [2.24, 2.45) is 0 Å². The normalized spacial score (nSPS) is 12.9. The van der Waals surface area contributed by atoms with Crippen LogP contribution in [-0.4, -0.2) is 11.5 Å². The number of aromatic nitrogens is 1. The van der Waals surface area contributed by atoms with Crippen LogP contribution in [0, 0.1) is 13.8 Å². The van der Waals surface area contributed by atoms with Gasteiger partial charge in [0.15, 0.2) is 0 Å². The molecule has 114 valence electrons. The number of thiazole rings is 1. The van der Waals surface area contributed by atoms with Crippen LogP contribution in [0.5, 0.6) is 0 Å². The minimum atomic E-state index is 0.211. The van der Waals surface area contributed by atoms with Crippen molar-refractivity contribution < 1.29 is 0 Å². The molecule has 0 aliphatic heterocycles. The Labute approximate surface area is 132 Å². The number of aryl methyl sites for hydroxylation is 2. The molecule has 0 saturated carbocycles. The van der Waals surface area contributed by atoms with Gasteiger partial charge in [-0.25, -0.2) is 4.98 Å². The number of nitrogens with zero attached hydrogens (tertiary/aromatic N) is 1. The summed E-state index contributed by atoms with van der Waals surface area (Å²) in [5.74, 6) is 0.487. The molecule has 0 saturated heterocycles. The van der Waals surface area contributed by atoms with E-state index in [-0.39, 0.29) is 6.04 Å². The average Bonchev–Trinajstić information content (AvgIpc) is 2.91. The summed E-state index contributed by atoms with van der Waals surface area (Å²) >= 11 is 1.77. The molecule has 21 heavy (non-hydrogen) atoms. The zero-order chi connectivity index (χ0) is 15.4. The highest BCUT2D eigenvalue weighted by molar-refractivity contribution is 7.09. The maximum Gasteiger partial charge on any atom is 0.114 e. The van der Waals surface area contributed by atoms with E-state index in [0.717, 1.165) is 13.0 Å². The fourth-order valence-corrected chi connectivity index (χ4v) is 3.54. The van der Waals surface area contributed by atoms with E-state index in [1.807, 2.05) is 0 Å². The van der Waals surface area contributed by atoms with Crippen LogP contribution in [0.2, 0.25) is 0 Å². The Balaban J connectivity index is 2.36. The second-order valence-electron chi connectivity index (χ2n) is 6.01. The van der Waals surface area contributed by atoms with Gasteiger partial charge in [0.05, 0.1) is 11.7 Å². The molecule has 2 nitrogen and oxygen atoms in total. The van der Waals surface area contributed by atoms with Gasteiger partial charge in [0.25, 0.3) is 0 Å². The quantitative estimate of drug-likeness (QED) is 0.814. The Kier molecular flexibility index (Phi) is 5.54. The number of rotatable bonds is 6. The van der Waals surface area contributed by atoms with Crippen molar-refractivity contribution >= 4 is 11.3 Å². The Morgan fingerprint density at radius 3 is 2.57 bits per heavy atom. The molecule has 0 amide bonds. The number of nitrogens with one attached hydrogen (secondary N) is 1. The molecule has 2 rings (SSSR count). The van der Waals surface area contributed by atoms with E-state index in [1.165, 1.54) is 27.4 Å². The largest absolute Gasteiger partial charge is 0.304 e. The Morgan fingerprint density at radius 1 is 1.24 bits per heavy atom. The van der Waals surface area contributed by atoms with Gasteiger partial charge in [0, 0.05) is 5.38 Å². The van der Waals surface area contributed by atoms with Gasteiger partial charge < -0.3 is 5.32 Å². The van der Waals surface area contributed by atoms with Gasteiger partial charge in [0.1, 0.15) is 5.01 Å². The summed E-state index contributed by atoms with van der Waals surface area (Å²) < 4.78 is 0. The van der Waals surface area contributed by atoms with Crippen LogP contribution in [-0.2, 0) is 0 Å². The first-order chi connectivity index (χ1) is 10.0. The topological polar surface area (TPSA) is 24.9 Å². The predicted octanol–water partition coefficient (Wildman–Crippen LogP) is 4.97. The lowest BCUT2D eigenvalue weighted by molar-refractivity contribution is 0.591. The summed E-state index contributed by atoms with van der Waals surface area (Å²) in [6.45, 7) is 11.9. The van der Waals surface area contributed by atoms with Crippen molar-refractivity contribution in [2.45, 2.75) is 53.0 Å². The highest BCUT2D eigenvalue weighted by Crippen LogP contribution is 2.29. The van der Waals surface area contributed by atoms with Crippen LogP contribution in [0.15, 0.2) is 23.6 Å². The third-order valence-electron chi connectivity index (χ3n) is 3.71. The third-order valence-corrected chi connectivity index (χ3v) is 4.64. The molecule has 3 heteroatoms. The van der Waals surface area contributed by atoms with Crippen LogP contribution >= 0.6 is 11.3 Å². The third kappa shape index (κ3) is 3.92. The maximum absolute atomic E-state index is 4.86.